The molecule has 1 aliphatic carbocycles. The first-order chi connectivity index (χ1) is 16.3. The molecule has 2 aromatic rings. The molecular weight excluding hydrogens is 456 g/mol. The van der Waals surface area contributed by atoms with Crippen molar-refractivity contribution >= 4 is 11.9 Å². The van der Waals surface area contributed by atoms with Crippen LogP contribution in [0.3, 0.4) is 0 Å². The third-order valence-electron chi connectivity index (χ3n) is 5.66. The molecule has 3 rings (SSSR count). The topological polar surface area (TPSA) is 85.6 Å². The maximum atomic E-state index is 14.4. The van der Waals surface area contributed by atoms with Gasteiger partial charge in [0.05, 0.1) is 5.92 Å². The van der Waals surface area contributed by atoms with Crippen molar-refractivity contribution in [2.24, 2.45) is 17.3 Å². The maximum absolute atomic E-state index is 14.4. The van der Waals surface area contributed by atoms with E-state index in [-0.39, 0.29) is 11.3 Å². The first-order valence-corrected chi connectivity index (χ1v) is 11.1. The van der Waals surface area contributed by atoms with Gasteiger partial charge in [-0.2, -0.15) is 9.65 Å². The summed E-state index contributed by atoms with van der Waals surface area (Å²) in [6, 6.07) is 14.2. The summed E-state index contributed by atoms with van der Waals surface area (Å²) < 4.78 is 44.6. The van der Waals surface area contributed by atoms with Crippen LogP contribution >= 0.6 is 0 Å². The van der Waals surface area contributed by atoms with Gasteiger partial charge in [-0.1, -0.05) is 38.1 Å². The fourth-order valence-corrected chi connectivity index (χ4v) is 3.73. The minimum absolute atomic E-state index is 0.128. The van der Waals surface area contributed by atoms with Gasteiger partial charge in [-0.05, 0) is 62.4 Å². The summed E-state index contributed by atoms with van der Waals surface area (Å²) in [4.78, 5) is 24.8. The summed E-state index contributed by atoms with van der Waals surface area (Å²) >= 11 is 0. The van der Waals surface area contributed by atoms with Crippen molar-refractivity contribution in [3.8, 4) is 17.6 Å². The summed E-state index contributed by atoms with van der Waals surface area (Å²) in [6.07, 6.45) is -0.275. The van der Waals surface area contributed by atoms with Gasteiger partial charge in [-0.15, -0.1) is 0 Å². The van der Waals surface area contributed by atoms with Crippen molar-refractivity contribution < 1.29 is 32.6 Å². The van der Waals surface area contributed by atoms with Gasteiger partial charge < -0.3 is 14.2 Å². The lowest BCUT2D eigenvalue weighted by Gasteiger charge is -2.18. The predicted molar refractivity (Wildman–Crippen MR) is 123 cm³/mol. The number of benzene rings is 2. The zero-order valence-electron chi connectivity index (χ0n) is 20.2. The number of halogens is 2. The van der Waals surface area contributed by atoms with E-state index in [1.807, 2.05) is 6.07 Å². The Bertz CT molecular complexity index is 1180. The molecule has 1 aliphatic rings. The molecule has 3 atom stereocenters. The second kappa shape index (κ2) is 9.87. The van der Waals surface area contributed by atoms with E-state index in [0.717, 1.165) is 12.1 Å². The quantitative estimate of drug-likeness (QED) is 0.345. The molecule has 0 spiro atoms. The SMILES string of the molecule is CC(C)(C)OC(=O)C(F)=C[C@H]1[C@@H](C(=O)O[C@H](C#N)c2ccc(F)c(Oc3ccccc3)c2)C1(C)C. The van der Waals surface area contributed by atoms with Gasteiger partial charge in [0.1, 0.15) is 17.4 Å². The van der Waals surface area contributed by atoms with Crippen LogP contribution in [0.25, 0.3) is 0 Å². The first-order valence-electron chi connectivity index (χ1n) is 11.1. The second-order valence-electron chi connectivity index (χ2n) is 9.89. The Hall–Kier alpha value is -3.73. The molecule has 6 nitrogen and oxygen atoms in total. The highest BCUT2D eigenvalue weighted by Crippen LogP contribution is 2.60. The van der Waals surface area contributed by atoms with Crippen LogP contribution < -0.4 is 4.74 Å². The molecule has 0 saturated heterocycles. The number of hydrogen-bond donors (Lipinski definition) is 0. The number of rotatable bonds is 7. The molecule has 0 unspecified atom stereocenters. The lowest BCUT2D eigenvalue weighted by Crippen LogP contribution is -2.24. The van der Waals surface area contributed by atoms with Crippen LogP contribution in [0, 0.1) is 34.4 Å². The van der Waals surface area contributed by atoms with Crippen molar-refractivity contribution in [2.75, 3.05) is 0 Å². The standard InChI is InChI=1S/C27H27F2NO5/c1-26(2,3)35-24(31)20(29)14-18-23(27(18,4)5)25(32)34-22(15-30)16-11-12-19(28)21(13-16)33-17-9-7-6-8-10-17/h6-14,18,22-23H,1-5H3/t18-,22+,23-/m0/s1. The molecule has 35 heavy (non-hydrogen) atoms. The molecule has 1 fully saturated rings. The highest BCUT2D eigenvalue weighted by molar-refractivity contribution is 5.87. The zero-order chi connectivity index (χ0) is 26.0. The van der Waals surface area contributed by atoms with Gasteiger partial charge in [-0.25, -0.2) is 9.18 Å². The lowest BCUT2D eigenvalue weighted by atomic mass is 10.1. The van der Waals surface area contributed by atoms with E-state index < -0.39 is 52.5 Å². The highest BCUT2D eigenvalue weighted by Gasteiger charge is 2.62. The molecular formula is C27H27F2NO5. The summed E-state index contributed by atoms with van der Waals surface area (Å²) in [5.41, 5.74) is -1.34. The van der Waals surface area contributed by atoms with Crippen molar-refractivity contribution in [2.45, 2.75) is 46.3 Å². The van der Waals surface area contributed by atoms with Crippen LogP contribution in [0.2, 0.25) is 0 Å². The summed E-state index contributed by atoms with van der Waals surface area (Å²) in [6.45, 7) is 8.31. The largest absolute Gasteiger partial charge is 0.455 e. The second-order valence-corrected chi connectivity index (χ2v) is 9.89. The monoisotopic (exact) mass is 483 g/mol. The highest BCUT2D eigenvalue weighted by atomic mass is 19.1. The molecule has 8 heteroatoms. The van der Waals surface area contributed by atoms with Crippen LogP contribution in [0.15, 0.2) is 60.4 Å². The Balaban J connectivity index is 1.73. The third-order valence-corrected chi connectivity index (χ3v) is 5.66. The van der Waals surface area contributed by atoms with E-state index in [0.29, 0.717) is 5.75 Å². The van der Waals surface area contributed by atoms with Crippen molar-refractivity contribution in [1.82, 2.24) is 0 Å². The average Bonchev–Trinajstić information content (AvgIpc) is 3.32. The van der Waals surface area contributed by atoms with E-state index in [4.69, 9.17) is 14.2 Å². The fourth-order valence-electron chi connectivity index (χ4n) is 3.73. The molecule has 0 N–H and O–H groups in total. The summed E-state index contributed by atoms with van der Waals surface area (Å²) in [5.74, 6) is -4.70. The minimum atomic E-state index is -1.34. The van der Waals surface area contributed by atoms with Gasteiger partial charge in [0.15, 0.2) is 11.6 Å². The molecule has 184 valence electrons. The fraction of sp³-hybridized carbons (Fsp3) is 0.370. The van der Waals surface area contributed by atoms with E-state index in [2.05, 4.69) is 0 Å². The van der Waals surface area contributed by atoms with Crippen LogP contribution in [0.5, 0.6) is 11.5 Å². The Morgan fingerprint density at radius 3 is 2.40 bits per heavy atom. The number of hydrogen-bond acceptors (Lipinski definition) is 6. The molecule has 0 bridgehead atoms. The van der Waals surface area contributed by atoms with Gasteiger partial charge in [0.25, 0.3) is 0 Å². The van der Waals surface area contributed by atoms with E-state index in [1.54, 1.807) is 65.0 Å². The summed E-state index contributed by atoms with van der Waals surface area (Å²) in [7, 11) is 0. The Labute approximate surface area is 203 Å². The van der Waals surface area contributed by atoms with Gasteiger partial charge in [-0.3, -0.25) is 4.79 Å². The number of nitrogens with zero attached hydrogens (tertiary/aromatic N) is 1. The number of esters is 2. The Morgan fingerprint density at radius 1 is 1.14 bits per heavy atom. The minimum Gasteiger partial charge on any atom is -0.455 e. The van der Waals surface area contributed by atoms with Crippen LogP contribution in [0.4, 0.5) is 8.78 Å². The van der Waals surface area contributed by atoms with Crippen LogP contribution in [0.1, 0.15) is 46.3 Å². The number of ether oxygens (including phenoxy) is 3. The third kappa shape index (κ3) is 6.24. The molecule has 0 heterocycles. The molecule has 0 aliphatic heterocycles. The summed E-state index contributed by atoms with van der Waals surface area (Å²) in [5, 5.41) is 9.61. The number of allylic oxidation sites excluding steroid dienone is 1. The van der Waals surface area contributed by atoms with Crippen molar-refractivity contribution in [1.29, 1.82) is 5.26 Å². The number of nitriles is 1. The van der Waals surface area contributed by atoms with Gasteiger partial charge in [0.2, 0.25) is 11.9 Å². The molecule has 2 aromatic carbocycles. The van der Waals surface area contributed by atoms with E-state index in [1.165, 1.54) is 12.1 Å². The average molecular weight is 484 g/mol. The number of carbonyl (C=O) groups excluding carboxylic acids is 2. The smallest absolute Gasteiger partial charge is 0.367 e. The van der Waals surface area contributed by atoms with Gasteiger partial charge >= 0.3 is 11.9 Å². The lowest BCUT2D eigenvalue weighted by molar-refractivity contribution is -0.152. The van der Waals surface area contributed by atoms with E-state index >= 15 is 0 Å². The number of para-hydroxylation sites is 1. The van der Waals surface area contributed by atoms with Crippen LogP contribution in [-0.4, -0.2) is 17.5 Å². The molecule has 1 saturated carbocycles. The number of carbonyl (C=O) groups is 2. The first kappa shape index (κ1) is 25.9. The Kier molecular flexibility index (Phi) is 7.30. The Morgan fingerprint density at radius 2 is 1.80 bits per heavy atom. The zero-order valence-corrected chi connectivity index (χ0v) is 20.2. The van der Waals surface area contributed by atoms with Gasteiger partial charge in [0, 0.05) is 5.56 Å². The van der Waals surface area contributed by atoms with Crippen molar-refractivity contribution in [3.05, 3.63) is 71.8 Å². The van der Waals surface area contributed by atoms with Crippen LogP contribution in [-0.2, 0) is 19.1 Å². The molecule has 0 amide bonds. The predicted octanol–water partition coefficient (Wildman–Crippen LogP) is 6.19. The molecule has 0 aromatic heterocycles. The van der Waals surface area contributed by atoms with E-state index in [9.17, 15) is 23.6 Å². The van der Waals surface area contributed by atoms with Crippen molar-refractivity contribution in [3.63, 3.8) is 0 Å². The maximum Gasteiger partial charge on any atom is 0.367 e. The molecule has 0 radical (unpaired) electrons. The normalized spacial score (nSPS) is 19.8.